The smallest absolute Gasteiger partial charge is 0.262 e. The minimum absolute atomic E-state index is 0.0635. The molecule has 1 aliphatic carbocycles. The van der Waals surface area contributed by atoms with Crippen molar-refractivity contribution in [1.29, 1.82) is 0 Å². The molecule has 29 heavy (non-hydrogen) atoms. The number of carbonyl (C=O) groups is 1. The number of aromatic nitrogens is 2. The number of hydrogen-bond acceptors (Lipinski definition) is 4. The van der Waals surface area contributed by atoms with Crippen LogP contribution in [0.2, 0.25) is 0 Å². The summed E-state index contributed by atoms with van der Waals surface area (Å²) in [5.41, 5.74) is 1.70. The Morgan fingerprint density at radius 1 is 1.41 bits per heavy atom. The number of rotatable bonds is 5. The Labute approximate surface area is 172 Å². The van der Waals surface area contributed by atoms with Crippen molar-refractivity contribution in [3.63, 3.8) is 0 Å². The average Bonchev–Trinajstić information content (AvgIpc) is 3.06. The van der Waals surface area contributed by atoms with Gasteiger partial charge in [0.1, 0.15) is 17.2 Å². The van der Waals surface area contributed by atoms with E-state index in [2.05, 4.69) is 11.9 Å². The summed E-state index contributed by atoms with van der Waals surface area (Å²) in [6.07, 6.45) is 4.44. The molecular weight excluding hydrogens is 389 g/mol. The van der Waals surface area contributed by atoms with Gasteiger partial charge in [0.25, 0.3) is 5.56 Å². The van der Waals surface area contributed by atoms with Gasteiger partial charge in [-0.2, -0.15) is 0 Å². The highest BCUT2D eigenvalue weighted by Gasteiger charge is 2.24. The van der Waals surface area contributed by atoms with E-state index >= 15 is 0 Å². The molecule has 5 nitrogen and oxygen atoms in total. The lowest BCUT2D eigenvalue weighted by Gasteiger charge is -2.21. The van der Waals surface area contributed by atoms with Gasteiger partial charge in [0.05, 0.1) is 11.7 Å². The van der Waals surface area contributed by atoms with Gasteiger partial charge in [-0.15, -0.1) is 11.3 Å². The van der Waals surface area contributed by atoms with Gasteiger partial charge in [-0.05, 0) is 55.4 Å². The molecule has 1 aliphatic rings. The first-order valence-electron chi connectivity index (χ1n) is 9.98. The molecule has 0 spiro atoms. The summed E-state index contributed by atoms with van der Waals surface area (Å²) in [5.74, 6) is 0.117. The van der Waals surface area contributed by atoms with Gasteiger partial charge in [-0.1, -0.05) is 19.1 Å². The molecule has 0 bridgehead atoms. The van der Waals surface area contributed by atoms with Gasteiger partial charge < -0.3 is 4.90 Å². The van der Waals surface area contributed by atoms with E-state index in [1.165, 1.54) is 27.9 Å². The number of benzene rings is 1. The van der Waals surface area contributed by atoms with Crippen LogP contribution in [0.1, 0.15) is 36.3 Å². The number of hydrogen-bond donors (Lipinski definition) is 0. The summed E-state index contributed by atoms with van der Waals surface area (Å²) < 4.78 is 14.9. The Bertz CT molecular complexity index is 1120. The van der Waals surface area contributed by atoms with E-state index in [9.17, 15) is 14.0 Å². The number of likely N-dealkylation sites (N-methyl/N-ethyl adjacent to an activating group) is 1. The van der Waals surface area contributed by atoms with E-state index in [1.807, 2.05) is 6.92 Å². The van der Waals surface area contributed by atoms with E-state index in [1.54, 1.807) is 28.4 Å². The molecule has 3 aromatic rings. The van der Waals surface area contributed by atoms with Crippen LogP contribution in [0.15, 0.2) is 35.4 Å². The summed E-state index contributed by atoms with van der Waals surface area (Å²) in [6, 6.07) is 6.22. The van der Waals surface area contributed by atoms with Crippen molar-refractivity contribution in [2.24, 2.45) is 5.92 Å². The molecular formula is C22H24FN3O2S. The second-order valence-corrected chi connectivity index (χ2v) is 8.83. The van der Waals surface area contributed by atoms with Crippen molar-refractivity contribution in [2.45, 2.75) is 46.2 Å². The fraction of sp³-hybridized carbons (Fsp3) is 0.409. The van der Waals surface area contributed by atoms with Crippen molar-refractivity contribution in [3.8, 4) is 0 Å². The van der Waals surface area contributed by atoms with Crippen LogP contribution in [0, 0.1) is 11.7 Å². The van der Waals surface area contributed by atoms with Crippen LogP contribution in [-0.2, 0) is 30.7 Å². The lowest BCUT2D eigenvalue weighted by Crippen LogP contribution is -2.36. The molecule has 0 N–H and O–H groups in total. The lowest BCUT2D eigenvalue weighted by molar-refractivity contribution is -0.132. The van der Waals surface area contributed by atoms with E-state index in [0.29, 0.717) is 24.4 Å². The van der Waals surface area contributed by atoms with E-state index in [4.69, 9.17) is 0 Å². The fourth-order valence-electron chi connectivity index (χ4n) is 3.96. The van der Waals surface area contributed by atoms with E-state index in [-0.39, 0.29) is 23.8 Å². The first kappa shape index (κ1) is 19.8. The van der Waals surface area contributed by atoms with Gasteiger partial charge in [-0.25, -0.2) is 9.37 Å². The summed E-state index contributed by atoms with van der Waals surface area (Å²) in [5, 5.41) is 0.681. The molecule has 152 valence electrons. The van der Waals surface area contributed by atoms with Gasteiger partial charge in [0.15, 0.2) is 0 Å². The summed E-state index contributed by atoms with van der Waals surface area (Å²) in [6.45, 7) is 4.83. The molecule has 0 aliphatic heterocycles. The van der Waals surface area contributed by atoms with Gasteiger partial charge in [-0.3, -0.25) is 14.2 Å². The first-order chi connectivity index (χ1) is 14.0. The van der Waals surface area contributed by atoms with Crippen LogP contribution in [0.3, 0.4) is 0 Å². The Kier molecular flexibility index (Phi) is 5.50. The van der Waals surface area contributed by atoms with Crippen LogP contribution >= 0.6 is 11.3 Å². The molecule has 7 heteroatoms. The van der Waals surface area contributed by atoms with E-state index in [0.717, 1.165) is 35.2 Å². The maximum absolute atomic E-state index is 13.4. The van der Waals surface area contributed by atoms with Gasteiger partial charge in [0, 0.05) is 18.0 Å². The second kappa shape index (κ2) is 8.06. The fourth-order valence-corrected chi connectivity index (χ4v) is 5.30. The number of halogens is 1. The highest BCUT2D eigenvalue weighted by atomic mass is 32.1. The van der Waals surface area contributed by atoms with Crippen molar-refractivity contribution >= 4 is 27.5 Å². The Morgan fingerprint density at radius 2 is 2.24 bits per heavy atom. The predicted octanol–water partition coefficient (Wildman–Crippen LogP) is 3.77. The molecule has 1 amide bonds. The molecule has 1 aromatic carbocycles. The summed E-state index contributed by atoms with van der Waals surface area (Å²) in [7, 11) is 0. The number of aryl methyl sites for hydroxylation is 1. The average molecular weight is 414 g/mol. The molecule has 1 unspecified atom stereocenters. The van der Waals surface area contributed by atoms with E-state index < -0.39 is 0 Å². The quantitative estimate of drug-likeness (QED) is 0.640. The van der Waals surface area contributed by atoms with Crippen LogP contribution in [0.25, 0.3) is 10.2 Å². The number of nitrogens with zero attached hydrogens (tertiary/aromatic N) is 3. The highest BCUT2D eigenvalue weighted by molar-refractivity contribution is 7.18. The maximum atomic E-state index is 13.4. The zero-order valence-corrected chi connectivity index (χ0v) is 17.5. The Morgan fingerprint density at radius 3 is 3.00 bits per heavy atom. The van der Waals surface area contributed by atoms with Crippen molar-refractivity contribution < 1.29 is 9.18 Å². The molecule has 0 radical (unpaired) electrons. The van der Waals surface area contributed by atoms with Crippen LogP contribution in [0.5, 0.6) is 0 Å². The lowest BCUT2D eigenvalue weighted by atomic mass is 9.89. The number of amides is 1. The molecule has 1 atom stereocenters. The molecule has 2 heterocycles. The minimum atomic E-state index is -0.326. The number of thiophene rings is 1. The van der Waals surface area contributed by atoms with Crippen LogP contribution in [-0.4, -0.2) is 26.9 Å². The number of carbonyl (C=O) groups excluding carboxylic acids is 1. The Hall–Kier alpha value is -2.54. The summed E-state index contributed by atoms with van der Waals surface area (Å²) in [4.78, 5) is 34.1. The zero-order chi connectivity index (χ0) is 20.5. The monoisotopic (exact) mass is 413 g/mol. The molecule has 4 rings (SSSR count). The maximum Gasteiger partial charge on any atom is 0.262 e. The zero-order valence-electron chi connectivity index (χ0n) is 16.7. The van der Waals surface area contributed by atoms with Gasteiger partial charge >= 0.3 is 0 Å². The van der Waals surface area contributed by atoms with Crippen molar-refractivity contribution in [2.75, 3.05) is 6.54 Å². The number of fused-ring (bicyclic) bond motifs is 3. The third-order valence-corrected chi connectivity index (χ3v) is 6.75. The highest BCUT2D eigenvalue weighted by Crippen LogP contribution is 2.35. The Balaban J connectivity index is 1.59. The normalized spacial score (nSPS) is 16.0. The van der Waals surface area contributed by atoms with Crippen molar-refractivity contribution in [3.05, 3.63) is 62.8 Å². The van der Waals surface area contributed by atoms with Gasteiger partial charge in [0.2, 0.25) is 5.91 Å². The predicted molar refractivity (Wildman–Crippen MR) is 113 cm³/mol. The largest absolute Gasteiger partial charge is 0.337 e. The SMILES string of the molecule is CCN(Cc1cccc(F)c1)C(=O)Cn1cnc2sc3c(c2c1=O)CCC(C)C3. The molecule has 0 fully saturated rings. The third-order valence-electron chi connectivity index (χ3n) is 5.58. The van der Waals surface area contributed by atoms with Crippen LogP contribution < -0.4 is 5.56 Å². The van der Waals surface area contributed by atoms with Crippen LogP contribution in [0.4, 0.5) is 4.39 Å². The van der Waals surface area contributed by atoms with Crippen molar-refractivity contribution in [1.82, 2.24) is 14.5 Å². The molecule has 2 aromatic heterocycles. The summed E-state index contributed by atoms with van der Waals surface area (Å²) >= 11 is 1.60. The first-order valence-corrected chi connectivity index (χ1v) is 10.8. The second-order valence-electron chi connectivity index (χ2n) is 7.75. The standard InChI is InChI=1S/C22H24FN3O2S/c1-3-25(11-15-5-4-6-16(23)10-15)19(27)12-26-13-24-21-20(22(26)28)17-8-7-14(2)9-18(17)29-21/h4-6,10,13-14H,3,7-9,11-12H2,1-2H3. The molecule has 0 saturated heterocycles. The minimum Gasteiger partial charge on any atom is -0.337 e. The molecule has 0 saturated carbocycles. The third kappa shape index (κ3) is 3.96. The topological polar surface area (TPSA) is 55.2 Å².